The Bertz CT molecular complexity index is 1670. The minimum absolute atomic E-state index is 0.554. The van der Waals surface area contributed by atoms with Gasteiger partial charge in [0.25, 0.3) is 0 Å². The second-order valence-electron chi connectivity index (χ2n) is 11.2. The summed E-state index contributed by atoms with van der Waals surface area (Å²) in [5.74, 6) is 0. The van der Waals surface area contributed by atoms with E-state index in [1.807, 2.05) is 18.3 Å². The SMILES string of the molecule is c1ccc(CCN2CCN(Cc3cn(C(c4ccccc4)(c4ccccc4)c4ccccc4)cn3)Sc3ccccc32)cc1. The standard InChI is InChI=1S/C39H36N4S/c1-5-15-32(16-6-1)25-26-41-27-28-43(44-38-24-14-13-23-37(38)41)30-36-29-42(31-40-36)39(33-17-7-2-8-18-33,34-19-9-3-10-20-34)35-21-11-4-12-22-35/h1-24,29,31H,25-28,30H2. The zero-order chi connectivity index (χ0) is 29.6. The molecule has 4 nitrogen and oxygen atoms in total. The van der Waals surface area contributed by atoms with Gasteiger partial charge in [-0.25, -0.2) is 9.29 Å². The Morgan fingerprint density at radius 3 is 1.77 bits per heavy atom. The molecule has 7 rings (SSSR count). The van der Waals surface area contributed by atoms with Crippen LogP contribution in [0, 0.1) is 0 Å². The summed E-state index contributed by atoms with van der Waals surface area (Å²) in [7, 11) is 0. The van der Waals surface area contributed by atoms with Crippen LogP contribution in [0.3, 0.4) is 0 Å². The first-order valence-electron chi connectivity index (χ1n) is 15.3. The van der Waals surface area contributed by atoms with Crippen LogP contribution in [0.5, 0.6) is 0 Å². The Kier molecular flexibility index (Phi) is 8.31. The second-order valence-corrected chi connectivity index (χ2v) is 12.4. The molecule has 0 N–H and O–H groups in total. The molecule has 1 aliphatic heterocycles. The van der Waals surface area contributed by atoms with Gasteiger partial charge in [0, 0.05) is 30.7 Å². The van der Waals surface area contributed by atoms with Crippen LogP contribution in [0.2, 0.25) is 0 Å². The molecule has 0 aliphatic carbocycles. The van der Waals surface area contributed by atoms with Gasteiger partial charge in [0.1, 0.15) is 5.54 Å². The van der Waals surface area contributed by atoms with Gasteiger partial charge >= 0.3 is 0 Å². The smallest absolute Gasteiger partial charge is 0.121 e. The summed E-state index contributed by atoms with van der Waals surface area (Å²) in [5, 5.41) is 0. The molecule has 0 saturated carbocycles. The number of anilines is 1. The lowest BCUT2D eigenvalue weighted by molar-refractivity contribution is 0.466. The molecule has 0 spiro atoms. The van der Waals surface area contributed by atoms with Crippen molar-refractivity contribution in [2.45, 2.75) is 23.4 Å². The maximum absolute atomic E-state index is 5.03. The molecule has 0 atom stereocenters. The Balaban J connectivity index is 1.20. The fourth-order valence-corrected chi connectivity index (χ4v) is 7.46. The van der Waals surface area contributed by atoms with E-state index < -0.39 is 5.54 Å². The third kappa shape index (κ3) is 5.69. The monoisotopic (exact) mass is 592 g/mol. The molecule has 0 unspecified atom stereocenters. The fourth-order valence-electron chi connectivity index (χ4n) is 6.38. The van der Waals surface area contributed by atoms with Crippen molar-refractivity contribution in [2.24, 2.45) is 0 Å². The van der Waals surface area contributed by atoms with Gasteiger partial charge in [-0.2, -0.15) is 0 Å². The number of nitrogens with zero attached hydrogens (tertiary/aromatic N) is 4. The summed E-state index contributed by atoms with van der Waals surface area (Å²) >= 11 is 1.85. The molecule has 2 heterocycles. The molecule has 218 valence electrons. The van der Waals surface area contributed by atoms with Gasteiger partial charge in [-0.3, -0.25) is 0 Å². The molecule has 0 amide bonds. The zero-order valence-corrected chi connectivity index (χ0v) is 25.6. The average molecular weight is 593 g/mol. The van der Waals surface area contributed by atoms with Crippen LogP contribution in [0.1, 0.15) is 27.9 Å². The topological polar surface area (TPSA) is 24.3 Å². The van der Waals surface area contributed by atoms with Crippen LogP contribution in [0.4, 0.5) is 5.69 Å². The normalized spacial score (nSPS) is 13.8. The van der Waals surface area contributed by atoms with Gasteiger partial charge in [0.05, 0.1) is 24.3 Å². The molecule has 0 radical (unpaired) electrons. The van der Waals surface area contributed by atoms with Gasteiger partial charge in [-0.1, -0.05) is 133 Å². The number of imidazole rings is 1. The predicted octanol–water partition coefficient (Wildman–Crippen LogP) is 8.30. The van der Waals surface area contributed by atoms with E-state index in [9.17, 15) is 0 Å². The van der Waals surface area contributed by atoms with Crippen LogP contribution < -0.4 is 4.90 Å². The van der Waals surface area contributed by atoms with E-state index in [0.29, 0.717) is 0 Å². The third-order valence-corrected chi connectivity index (χ3v) is 9.61. The number of para-hydroxylation sites is 1. The summed E-state index contributed by atoms with van der Waals surface area (Å²) in [5.41, 5.74) is 6.80. The number of hydrogen-bond acceptors (Lipinski definition) is 4. The number of rotatable bonds is 9. The number of fused-ring (bicyclic) bond motifs is 1. The molecule has 0 bridgehead atoms. The Morgan fingerprint density at radius 2 is 1.16 bits per heavy atom. The average Bonchev–Trinajstić information content (AvgIpc) is 3.48. The number of hydrogen-bond donors (Lipinski definition) is 0. The van der Waals surface area contributed by atoms with Crippen molar-refractivity contribution in [3.05, 3.63) is 186 Å². The Morgan fingerprint density at radius 1 is 0.614 bits per heavy atom. The van der Waals surface area contributed by atoms with Crippen molar-refractivity contribution >= 4 is 17.6 Å². The largest absolute Gasteiger partial charge is 0.369 e. The highest BCUT2D eigenvalue weighted by molar-refractivity contribution is 7.97. The van der Waals surface area contributed by atoms with Crippen molar-refractivity contribution in [3.8, 4) is 0 Å². The van der Waals surface area contributed by atoms with Crippen molar-refractivity contribution in [3.63, 3.8) is 0 Å². The van der Waals surface area contributed by atoms with Gasteiger partial charge in [0.15, 0.2) is 0 Å². The molecule has 1 aromatic heterocycles. The highest BCUT2D eigenvalue weighted by Crippen LogP contribution is 2.41. The Labute approximate surface area is 264 Å². The summed E-state index contributed by atoms with van der Waals surface area (Å²) in [6.07, 6.45) is 5.30. The van der Waals surface area contributed by atoms with Crippen molar-refractivity contribution in [1.82, 2.24) is 13.9 Å². The van der Waals surface area contributed by atoms with Crippen molar-refractivity contribution in [1.29, 1.82) is 0 Å². The van der Waals surface area contributed by atoms with E-state index in [-0.39, 0.29) is 0 Å². The third-order valence-electron chi connectivity index (χ3n) is 8.50. The molecule has 5 heteroatoms. The van der Waals surface area contributed by atoms with E-state index in [1.165, 1.54) is 32.8 Å². The van der Waals surface area contributed by atoms with E-state index in [0.717, 1.165) is 38.3 Å². The summed E-state index contributed by atoms with van der Waals surface area (Å²) in [6, 6.07) is 52.0. The lowest BCUT2D eigenvalue weighted by Crippen LogP contribution is -2.37. The van der Waals surface area contributed by atoms with E-state index >= 15 is 0 Å². The predicted molar refractivity (Wildman–Crippen MR) is 182 cm³/mol. The van der Waals surface area contributed by atoms with Crippen LogP contribution in [-0.4, -0.2) is 33.5 Å². The van der Waals surface area contributed by atoms with Crippen molar-refractivity contribution in [2.75, 3.05) is 24.5 Å². The summed E-state index contributed by atoms with van der Waals surface area (Å²) in [4.78, 5) is 8.87. The molecular formula is C39H36N4S. The first-order chi connectivity index (χ1) is 21.8. The lowest BCUT2D eigenvalue weighted by Gasteiger charge is -2.37. The van der Waals surface area contributed by atoms with Gasteiger partial charge in [-0.15, -0.1) is 0 Å². The zero-order valence-electron chi connectivity index (χ0n) is 24.7. The number of aromatic nitrogens is 2. The maximum Gasteiger partial charge on any atom is 0.121 e. The number of benzene rings is 5. The summed E-state index contributed by atoms with van der Waals surface area (Å²) in [6.45, 7) is 3.67. The quantitative estimate of drug-likeness (QED) is 0.125. The van der Waals surface area contributed by atoms with E-state index in [2.05, 4.69) is 166 Å². The fraction of sp³-hybridized carbons (Fsp3) is 0.154. The van der Waals surface area contributed by atoms with Crippen LogP contribution in [-0.2, 0) is 18.5 Å². The van der Waals surface area contributed by atoms with Crippen molar-refractivity contribution < 1.29 is 0 Å². The molecule has 0 fully saturated rings. The van der Waals surface area contributed by atoms with E-state index in [4.69, 9.17) is 4.98 Å². The minimum atomic E-state index is -0.554. The first-order valence-corrected chi connectivity index (χ1v) is 16.1. The van der Waals surface area contributed by atoms with Gasteiger partial charge < -0.3 is 9.47 Å². The minimum Gasteiger partial charge on any atom is -0.369 e. The molecule has 44 heavy (non-hydrogen) atoms. The molecular weight excluding hydrogens is 557 g/mol. The van der Waals surface area contributed by atoms with Crippen LogP contribution in [0.25, 0.3) is 0 Å². The van der Waals surface area contributed by atoms with Gasteiger partial charge in [-0.05, 0) is 52.8 Å². The lowest BCUT2D eigenvalue weighted by atomic mass is 9.77. The highest BCUT2D eigenvalue weighted by Gasteiger charge is 2.38. The first kappa shape index (κ1) is 28.2. The van der Waals surface area contributed by atoms with Crippen LogP contribution >= 0.6 is 11.9 Å². The molecule has 5 aromatic carbocycles. The highest BCUT2D eigenvalue weighted by atomic mass is 32.2. The van der Waals surface area contributed by atoms with Gasteiger partial charge in [0.2, 0.25) is 0 Å². The molecule has 6 aromatic rings. The van der Waals surface area contributed by atoms with Crippen LogP contribution in [0.15, 0.2) is 163 Å². The van der Waals surface area contributed by atoms with E-state index in [1.54, 1.807) is 0 Å². The maximum atomic E-state index is 5.03. The second kappa shape index (κ2) is 13.0. The molecule has 0 saturated heterocycles. The summed E-state index contributed by atoms with van der Waals surface area (Å²) < 4.78 is 4.77. The molecule has 1 aliphatic rings. The Hall–Kier alpha value is -4.58.